The van der Waals surface area contributed by atoms with Gasteiger partial charge in [-0.2, -0.15) is 17.0 Å². The number of amides is 1. The van der Waals surface area contributed by atoms with E-state index in [-0.39, 0.29) is 41.1 Å². The molecule has 4 heterocycles. The minimum atomic E-state index is -1.07. The highest BCUT2D eigenvalue weighted by Crippen LogP contribution is 2.36. The van der Waals surface area contributed by atoms with Crippen LogP contribution in [0.1, 0.15) is 69.0 Å². The number of rotatable bonds is 7. The summed E-state index contributed by atoms with van der Waals surface area (Å²) >= 11 is 1.85. The Kier molecular flexibility index (Phi) is 8.76. The number of carbonyl (C=O) groups excluding carboxylic acids is 1. The number of hydrogen-bond acceptors (Lipinski definition) is 6. The van der Waals surface area contributed by atoms with E-state index >= 15 is 0 Å². The van der Waals surface area contributed by atoms with Gasteiger partial charge in [-0.3, -0.25) is 18.7 Å². The number of pyridine rings is 1. The van der Waals surface area contributed by atoms with E-state index in [1.807, 2.05) is 54.2 Å². The summed E-state index contributed by atoms with van der Waals surface area (Å²) in [4.78, 5) is 47.9. The number of fused-ring (bicyclic) bond motifs is 1. The summed E-state index contributed by atoms with van der Waals surface area (Å²) in [6.45, 7) is 0. The number of aromatic nitrogens is 3. The van der Waals surface area contributed by atoms with Crippen molar-refractivity contribution >= 4 is 34.4 Å². The smallest absolute Gasteiger partial charge is 0.274 e. The van der Waals surface area contributed by atoms with E-state index in [2.05, 4.69) is 22.1 Å². The van der Waals surface area contributed by atoms with Crippen LogP contribution in [0, 0.1) is 23.1 Å². The van der Waals surface area contributed by atoms with Crippen LogP contribution in [0.25, 0.3) is 11.0 Å². The van der Waals surface area contributed by atoms with Gasteiger partial charge in [-0.05, 0) is 80.1 Å². The molecule has 1 unspecified atom stereocenters. The number of benzene rings is 1. The fourth-order valence-corrected chi connectivity index (χ4v) is 7.92. The van der Waals surface area contributed by atoms with Gasteiger partial charge in [0.1, 0.15) is 16.9 Å². The van der Waals surface area contributed by atoms with Gasteiger partial charge in [-0.25, -0.2) is 19.2 Å². The van der Waals surface area contributed by atoms with E-state index in [1.54, 1.807) is 10.6 Å². The van der Waals surface area contributed by atoms with E-state index in [1.165, 1.54) is 10.6 Å². The largest absolute Gasteiger partial charge is 0.333 e. The van der Waals surface area contributed by atoms with E-state index in [4.69, 9.17) is 0 Å². The van der Waals surface area contributed by atoms with Crippen LogP contribution >= 0.6 is 11.8 Å². The van der Waals surface area contributed by atoms with E-state index in [0.717, 1.165) is 55.4 Å². The van der Waals surface area contributed by atoms with Gasteiger partial charge in [0, 0.05) is 12.1 Å². The minimum absolute atomic E-state index is 0.0384. The van der Waals surface area contributed by atoms with E-state index < -0.39 is 16.8 Å². The van der Waals surface area contributed by atoms with Crippen molar-refractivity contribution in [2.24, 2.45) is 10.9 Å². The average Bonchev–Trinajstić information content (AvgIpc) is 3.39. The Balaban J connectivity index is 1.14. The molecule has 3 aliphatic rings. The molecule has 0 bridgehead atoms. The topological polar surface area (TPSA) is 110 Å². The van der Waals surface area contributed by atoms with Crippen molar-refractivity contribution in [1.82, 2.24) is 14.1 Å². The lowest BCUT2D eigenvalue weighted by Crippen LogP contribution is -2.45. The number of nitrogens with zero attached hydrogens (tertiary/aromatic N) is 5. The highest BCUT2D eigenvalue weighted by atomic mass is 32.2. The second-order valence-electron chi connectivity index (χ2n) is 11.8. The maximum atomic E-state index is 14.2. The zero-order valence-electron chi connectivity index (χ0n) is 24.4. The molecule has 6 rings (SSSR count). The van der Waals surface area contributed by atoms with Crippen LogP contribution in [-0.2, 0) is 10.2 Å². The summed E-state index contributed by atoms with van der Waals surface area (Å²) in [5.74, 6) is 1.39. The molecule has 3 aromatic rings. The zero-order chi connectivity index (χ0) is 30.7. The SMILES string of the molecule is N#CC1(c2ccccc2)CC(=O)N=C1/C=C\C=C/CC1CCC(n2c(=O)c3cc(F)cnc3n(C3CCSCC3)c2=O)CC1. The molecule has 2 aromatic heterocycles. The number of allylic oxidation sites excluding steroid dienone is 4. The Morgan fingerprint density at radius 3 is 2.45 bits per heavy atom. The van der Waals surface area contributed by atoms with Crippen molar-refractivity contribution < 1.29 is 9.18 Å². The lowest BCUT2D eigenvalue weighted by atomic mass is 9.76. The lowest BCUT2D eigenvalue weighted by Gasteiger charge is -2.31. The fourth-order valence-electron chi connectivity index (χ4n) is 6.83. The Morgan fingerprint density at radius 1 is 1.00 bits per heavy atom. The van der Waals surface area contributed by atoms with Gasteiger partial charge in [0.05, 0.1) is 29.8 Å². The summed E-state index contributed by atoms with van der Waals surface area (Å²) in [6.07, 6.45) is 14.2. The molecule has 1 amide bonds. The standard InChI is InChI=1S/C34H34FN5O3S/c35-25-19-28-31(37-21-25)39(27-15-17-44-18-16-27)33(43)40(32(28)42)26-13-11-23(12-14-26)7-3-1-6-10-29-34(22-36,20-30(41)38-29)24-8-4-2-5-9-24/h1-6,8-10,19,21,23,26-27H,7,11-18,20H2/b3-1-,10-6-. The molecule has 1 saturated carbocycles. The molecule has 1 aromatic carbocycles. The molecule has 1 saturated heterocycles. The van der Waals surface area contributed by atoms with Crippen LogP contribution in [0.4, 0.5) is 4.39 Å². The number of nitriles is 1. The summed E-state index contributed by atoms with van der Waals surface area (Å²) in [5, 5.41) is 10.2. The molecule has 2 aliphatic heterocycles. The molecule has 0 radical (unpaired) electrons. The van der Waals surface area contributed by atoms with E-state index in [0.29, 0.717) is 24.5 Å². The van der Waals surface area contributed by atoms with Crippen molar-refractivity contribution in [1.29, 1.82) is 5.26 Å². The molecule has 1 aliphatic carbocycles. The van der Waals surface area contributed by atoms with Gasteiger partial charge in [-0.1, -0.05) is 48.6 Å². The molecule has 8 nitrogen and oxygen atoms in total. The third kappa shape index (κ3) is 5.73. The highest BCUT2D eigenvalue weighted by molar-refractivity contribution is 7.99. The van der Waals surface area contributed by atoms with Crippen LogP contribution in [0.2, 0.25) is 0 Å². The predicted molar refractivity (Wildman–Crippen MR) is 171 cm³/mol. The minimum Gasteiger partial charge on any atom is -0.274 e. The molecular formula is C34H34FN5O3S. The van der Waals surface area contributed by atoms with Crippen molar-refractivity contribution in [3.63, 3.8) is 0 Å². The maximum absolute atomic E-state index is 14.2. The van der Waals surface area contributed by atoms with Gasteiger partial charge < -0.3 is 0 Å². The molecule has 10 heteroatoms. The Morgan fingerprint density at radius 2 is 1.73 bits per heavy atom. The quantitative estimate of drug-likeness (QED) is 0.311. The van der Waals surface area contributed by atoms with Crippen molar-refractivity contribution in [2.75, 3.05) is 11.5 Å². The Labute approximate surface area is 259 Å². The van der Waals surface area contributed by atoms with Crippen molar-refractivity contribution in [2.45, 2.75) is 68.9 Å². The van der Waals surface area contributed by atoms with Crippen LogP contribution in [0.15, 0.2) is 81.5 Å². The first-order valence-corrected chi connectivity index (χ1v) is 16.4. The lowest BCUT2D eigenvalue weighted by molar-refractivity contribution is -0.117. The van der Waals surface area contributed by atoms with Crippen molar-refractivity contribution in [3.05, 3.63) is 99.1 Å². The summed E-state index contributed by atoms with van der Waals surface area (Å²) in [6, 6.07) is 12.5. The summed E-state index contributed by atoms with van der Waals surface area (Å²) < 4.78 is 17.2. The van der Waals surface area contributed by atoms with Gasteiger partial charge in [0.25, 0.3) is 5.56 Å². The summed E-state index contributed by atoms with van der Waals surface area (Å²) in [5.41, 5.74) is -0.361. The molecular weight excluding hydrogens is 577 g/mol. The van der Waals surface area contributed by atoms with Gasteiger partial charge in [-0.15, -0.1) is 0 Å². The monoisotopic (exact) mass is 611 g/mol. The van der Waals surface area contributed by atoms with E-state index in [9.17, 15) is 24.0 Å². The summed E-state index contributed by atoms with van der Waals surface area (Å²) in [7, 11) is 0. The number of carbonyl (C=O) groups is 1. The Bertz CT molecular complexity index is 1810. The van der Waals surface area contributed by atoms with Crippen molar-refractivity contribution in [3.8, 4) is 6.07 Å². The van der Waals surface area contributed by atoms with Crippen LogP contribution in [-0.4, -0.2) is 37.2 Å². The van der Waals surface area contributed by atoms with Crippen LogP contribution in [0.5, 0.6) is 0 Å². The predicted octanol–water partition coefficient (Wildman–Crippen LogP) is 5.83. The number of aliphatic imine (C=N–C) groups is 1. The van der Waals surface area contributed by atoms with Crippen LogP contribution in [0.3, 0.4) is 0 Å². The number of hydrogen-bond donors (Lipinski definition) is 0. The number of halogens is 1. The maximum Gasteiger partial charge on any atom is 0.333 e. The first-order chi connectivity index (χ1) is 21.4. The number of thioether (sulfide) groups is 1. The first kappa shape index (κ1) is 29.9. The molecule has 2 fully saturated rings. The molecule has 44 heavy (non-hydrogen) atoms. The molecule has 0 N–H and O–H groups in total. The van der Waals surface area contributed by atoms with Crippen LogP contribution < -0.4 is 11.2 Å². The molecule has 226 valence electrons. The normalized spacial score (nSPS) is 24.7. The molecule has 0 spiro atoms. The third-order valence-electron chi connectivity index (χ3n) is 9.19. The second kappa shape index (κ2) is 12.9. The Hall–Kier alpha value is -4.10. The fraction of sp³-hybridized carbons (Fsp3) is 0.412. The van der Waals surface area contributed by atoms with Gasteiger partial charge >= 0.3 is 5.69 Å². The van der Waals surface area contributed by atoms with Gasteiger partial charge in [0.2, 0.25) is 5.91 Å². The van der Waals surface area contributed by atoms with Gasteiger partial charge in [0.15, 0.2) is 0 Å². The highest BCUT2D eigenvalue weighted by Gasteiger charge is 2.43. The zero-order valence-corrected chi connectivity index (χ0v) is 25.2. The second-order valence-corrected chi connectivity index (χ2v) is 13.1. The average molecular weight is 612 g/mol. The molecule has 1 atom stereocenters. The third-order valence-corrected chi connectivity index (χ3v) is 10.2. The first-order valence-electron chi connectivity index (χ1n) is 15.2.